The minimum Gasteiger partial charge on any atom is -0.298 e. The minimum absolute atomic E-state index is 0.214. The molecule has 0 amide bonds. The molecule has 0 N–H and O–H groups in total. The lowest BCUT2D eigenvalue weighted by atomic mass is 9.83. The SMILES string of the molecule is C=CCC(CC=C)(C(=S)c1ccc(C)cc1)N(C)C. The maximum absolute atomic E-state index is 5.77. The Labute approximate surface area is 122 Å². The summed E-state index contributed by atoms with van der Waals surface area (Å²) in [5.41, 5.74) is 2.14. The van der Waals surface area contributed by atoms with Crippen LogP contribution in [-0.4, -0.2) is 29.4 Å². The summed E-state index contributed by atoms with van der Waals surface area (Å²) in [4.78, 5) is 3.13. The van der Waals surface area contributed by atoms with Crippen LogP contribution in [0.5, 0.6) is 0 Å². The Balaban J connectivity index is 3.22. The van der Waals surface area contributed by atoms with E-state index in [0.717, 1.165) is 23.3 Å². The highest BCUT2D eigenvalue weighted by Crippen LogP contribution is 2.29. The summed E-state index contributed by atoms with van der Waals surface area (Å²) in [6, 6.07) is 8.40. The first kappa shape index (κ1) is 15.8. The summed E-state index contributed by atoms with van der Waals surface area (Å²) < 4.78 is 0. The van der Waals surface area contributed by atoms with Crippen molar-refractivity contribution >= 4 is 17.1 Å². The van der Waals surface area contributed by atoms with E-state index in [1.165, 1.54) is 5.56 Å². The minimum atomic E-state index is -0.214. The molecule has 0 unspecified atom stereocenters. The van der Waals surface area contributed by atoms with E-state index >= 15 is 0 Å². The van der Waals surface area contributed by atoms with Gasteiger partial charge in [-0.15, -0.1) is 13.2 Å². The van der Waals surface area contributed by atoms with Gasteiger partial charge in [-0.25, -0.2) is 0 Å². The van der Waals surface area contributed by atoms with Crippen molar-refractivity contribution in [3.63, 3.8) is 0 Å². The van der Waals surface area contributed by atoms with Crippen molar-refractivity contribution < 1.29 is 0 Å². The van der Waals surface area contributed by atoms with E-state index in [9.17, 15) is 0 Å². The fraction of sp³-hybridized carbons (Fsp3) is 0.353. The molecule has 1 aromatic rings. The van der Waals surface area contributed by atoms with Gasteiger partial charge >= 0.3 is 0 Å². The average molecular weight is 273 g/mol. The second kappa shape index (κ2) is 6.78. The van der Waals surface area contributed by atoms with E-state index in [1.54, 1.807) is 0 Å². The smallest absolute Gasteiger partial charge is 0.0632 e. The number of rotatable bonds is 7. The van der Waals surface area contributed by atoms with Crippen molar-refractivity contribution in [3.8, 4) is 0 Å². The zero-order valence-electron chi connectivity index (χ0n) is 12.1. The Morgan fingerprint density at radius 3 is 2.00 bits per heavy atom. The Kier molecular flexibility index (Phi) is 5.64. The molecule has 1 rings (SSSR count). The first-order valence-electron chi connectivity index (χ1n) is 6.48. The lowest BCUT2D eigenvalue weighted by Crippen LogP contribution is -2.50. The van der Waals surface area contributed by atoms with Crippen LogP contribution in [-0.2, 0) is 0 Å². The molecule has 0 radical (unpaired) electrons. The third-order valence-electron chi connectivity index (χ3n) is 3.56. The van der Waals surface area contributed by atoms with E-state index in [2.05, 4.69) is 63.3 Å². The number of nitrogens with zero attached hydrogens (tertiary/aromatic N) is 1. The summed E-state index contributed by atoms with van der Waals surface area (Å²) in [6.07, 6.45) is 5.51. The molecule has 0 heterocycles. The fourth-order valence-corrected chi connectivity index (χ4v) is 2.77. The number of aryl methyl sites for hydroxylation is 1. The zero-order valence-corrected chi connectivity index (χ0v) is 13.0. The Morgan fingerprint density at radius 1 is 1.16 bits per heavy atom. The molecular formula is C17H23NS. The van der Waals surface area contributed by atoms with Gasteiger partial charge in [0.2, 0.25) is 0 Å². The maximum Gasteiger partial charge on any atom is 0.0632 e. The van der Waals surface area contributed by atoms with Crippen molar-refractivity contribution in [2.75, 3.05) is 14.1 Å². The van der Waals surface area contributed by atoms with Crippen LogP contribution in [0.2, 0.25) is 0 Å². The monoisotopic (exact) mass is 273 g/mol. The lowest BCUT2D eigenvalue weighted by Gasteiger charge is -2.39. The molecule has 2 heteroatoms. The summed E-state index contributed by atoms with van der Waals surface area (Å²) in [5.74, 6) is 0. The molecule has 0 aliphatic rings. The number of hydrogen-bond acceptors (Lipinski definition) is 2. The average Bonchev–Trinajstić information content (AvgIpc) is 2.38. The zero-order chi connectivity index (χ0) is 14.5. The summed E-state index contributed by atoms with van der Waals surface area (Å²) in [6.45, 7) is 9.84. The molecule has 0 aliphatic carbocycles. The number of benzene rings is 1. The Morgan fingerprint density at radius 2 is 1.63 bits per heavy atom. The molecule has 0 atom stereocenters. The second-order valence-electron chi connectivity index (χ2n) is 5.11. The highest BCUT2D eigenvalue weighted by molar-refractivity contribution is 7.81. The number of hydrogen-bond donors (Lipinski definition) is 0. The number of likely N-dealkylation sites (N-methyl/N-ethyl adjacent to an activating group) is 1. The summed E-state index contributed by atoms with van der Waals surface area (Å²) in [5, 5.41) is 0. The molecule has 0 bridgehead atoms. The van der Waals surface area contributed by atoms with E-state index in [1.807, 2.05) is 12.2 Å². The molecule has 19 heavy (non-hydrogen) atoms. The molecule has 0 spiro atoms. The maximum atomic E-state index is 5.77. The van der Waals surface area contributed by atoms with Crippen molar-refractivity contribution in [1.29, 1.82) is 0 Å². The molecule has 1 nitrogen and oxygen atoms in total. The van der Waals surface area contributed by atoms with Crippen LogP contribution >= 0.6 is 12.2 Å². The quantitative estimate of drug-likeness (QED) is 0.417. The molecule has 1 aromatic carbocycles. The van der Waals surface area contributed by atoms with Crippen LogP contribution in [0, 0.1) is 6.92 Å². The molecule has 0 saturated heterocycles. The van der Waals surface area contributed by atoms with Crippen molar-refractivity contribution in [2.24, 2.45) is 0 Å². The van der Waals surface area contributed by atoms with E-state index in [0.29, 0.717) is 0 Å². The first-order chi connectivity index (χ1) is 8.97. The molecule has 102 valence electrons. The van der Waals surface area contributed by atoms with E-state index < -0.39 is 0 Å². The third kappa shape index (κ3) is 3.40. The van der Waals surface area contributed by atoms with Gasteiger partial charge in [-0.1, -0.05) is 54.2 Å². The lowest BCUT2D eigenvalue weighted by molar-refractivity contribution is 0.237. The van der Waals surface area contributed by atoms with Gasteiger partial charge in [-0.3, -0.25) is 4.90 Å². The predicted octanol–water partition coefficient (Wildman–Crippen LogP) is 4.17. The molecule has 0 aliphatic heterocycles. The first-order valence-corrected chi connectivity index (χ1v) is 6.89. The van der Waals surface area contributed by atoms with Gasteiger partial charge in [-0.2, -0.15) is 0 Å². The standard InChI is InChI=1S/C17H23NS/c1-6-12-17(13-7-2,18(4)5)16(19)15-10-8-14(3)9-11-15/h6-11H,1-2,12-13H2,3-5H3. The normalized spacial score (nSPS) is 11.4. The summed E-state index contributed by atoms with van der Waals surface area (Å²) >= 11 is 5.77. The van der Waals surface area contributed by atoms with Gasteiger partial charge < -0.3 is 0 Å². The molecule has 0 saturated carbocycles. The molecular weight excluding hydrogens is 250 g/mol. The second-order valence-corrected chi connectivity index (χ2v) is 5.52. The van der Waals surface area contributed by atoms with Gasteiger partial charge in [0.05, 0.1) is 5.54 Å². The molecule has 0 fully saturated rings. The topological polar surface area (TPSA) is 3.24 Å². The van der Waals surface area contributed by atoms with Crippen LogP contribution in [0.3, 0.4) is 0 Å². The van der Waals surface area contributed by atoms with Crippen LogP contribution in [0.15, 0.2) is 49.6 Å². The van der Waals surface area contributed by atoms with Gasteiger partial charge in [-0.05, 0) is 39.4 Å². The van der Waals surface area contributed by atoms with Gasteiger partial charge in [0.25, 0.3) is 0 Å². The van der Waals surface area contributed by atoms with Crippen molar-refractivity contribution in [3.05, 3.63) is 60.7 Å². The Hall–Kier alpha value is -1.25. The molecule has 0 aromatic heterocycles. The van der Waals surface area contributed by atoms with Crippen molar-refractivity contribution in [1.82, 2.24) is 4.90 Å². The van der Waals surface area contributed by atoms with E-state index in [4.69, 9.17) is 12.2 Å². The van der Waals surface area contributed by atoms with Crippen LogP contribution in [0.1, 0.15) is 24.0 Å². The predicted molar refractivity (Wildman–Crippen MR) is 88.9 cm³/mol. The Bertz CT molecular complexity index is 447. The van der Waals surface area contributed by atoms with Crippen LogP contribution in [0.4, 0.5) is 0 Å². The number of thiocarbonyl (C=S) groups is 1. The summed E-state index contributed by atoms with van der Waals surface area (Å²) in [7, 11) is 4.13. The highest BCUT2D eigenvalue weighted by atomic mass is 32.1. The highest BCUT2D eigenvalue weighted by Gasteiger charge is 2.35. The van der Waals surface area contributed by atoms with Gasteiger partial charge in [0, 0.05) is 4.86 Å². The van der Waals surface area contributed by atoms with E-state index in [-0.39, 0.29) is 5.54 Å². The van der Waals surface area contributed by atoms with Crippen molar-refractivity contribution in [2.45, 2.75) is 25.3 Å². The van der Waals surface area contributed by atoms with Gasteiger partial charge in [0.1, 0.15) is 0 Å². The largest absolute Gasteiger partial charge is 0.298 e. The van der Waals surface area contributed by atoms with Gasteiger partial charge in [0.15, 0.2) is 0 Å². The van der Waals surface area contributed by atoms with Crippen LogP contribution < -0.4 is 0 Å². The van der Waals surface area contributed by atoms with Crippen LogP contribution in [0.25, 0.3) is 0 Å². The third-order valence-corrected chi connectivity index (χ3v) is 4.17. The fourth-order valence-electron chi connectivity index (χ4n) is 2.29.